The summed E-state index contributed by atoms with van der Waals surface area (Å²) in [6, 6.07) is 4.29. The lowest BCUT2D eigenvalue weighted by molar-refractivity contribution is -0.125. The van der Waals surface area contributed by atoms with Gasteiger partial charge in [-0.15, -0.1) is 0 Å². The highest BCUT2D eigenvalue weighted by Gasteiger charge is 2.30. The largest absolute Gasteiger partial charge is 0.508 e. The number of aliphatic hydroxyl groups is 1. The fourth-order valence-corrected chi connectivity index (χ4v) is 2.53. The van der Waals surface area contributed by atoms with Crippen LogP contribution in [0.15, 0.2) is 18.2 Å². The van der Waals surface area contributed by atoms with Crippen LogP contribution < -0.4 is 0 Å². The average Bonchev–Trinajstić information content (AvgIpc) is 2.76. The Kier molecular flexibility index (Phi) is 3.87. The average molecular weight is 250 g/mol. The van der Waals surface area contributed by atoms with Gasteiger partial charge in [0, 0.05) is 12.3 Å². The molecule has 1 aromatic rings. The van der Waals surface area contributed by atoms with Gasteiger partial charge in [0.05, 0.1) is 6.10 Å². The number of ketones is 1. The van der Waals surface area contributed by atoms with Crippen molar-refractivity contribution < 1.29 is 20.1 Å². The zero-order valence-electron chi connectivity index (χ0n) is 10.2. The van der Waals surface area contributed by atoms with Crippen molar-refractivity contribution >= 4 is 5.78 Å². The number of aromatic hydroxyl groups is 2. The van der Waals surface area contributed by atoms with Crippen LogP contribution in [0.5, 0.6) is 11.5 Å². The van der Waals surface area contributed by atoms with E-state index < -0.39 is 6.10 Å². The van der Waals surface area contributed by atoms with E-state index in [4.69, 9.17) is 0 Å². The Bertz CT molecular complexity index is 441. The molecule has 1 aliphatic rings. The van der Waals surface area contributed by atoms with Gasteiger partial charge < -0.3 is 15.3 Å². The van der Waals surface area contributed by atoms with E-state index in [1.165, 1.54) is 18.2 Å². The predicted octanol–water partition coefficient (Wildman–Crippen LogP) is 1.76. The normalized spacial score (nSPS) is 23.2. The van der Waals surface area contributed by atoms with E-state index in [1.807, 2.05) is 0 Å². The number of phenols is 2. The van der Waals surface area contributed by atoms with Crippen LogP contribution in [0, 0.1) is 5.92 Å². The fraction of sp³-hybridized carbons (Fsp3) is 0.500. The van der Waals surface area contributed by atoms with Gasteiger partial charge in [0.2, 0.25) is 0 Å². The van der Waals surface area contributed by atoms with Gasteiger partial charge in [-0.25, -0.2) is 0 Å². The zero-order chi connectivity index (χ0) is 13.1. The molecule has 3 N–H and O–H groups in total. The topological polar surface area (TPSA) is 77.8 Å². The minimum atomic E-state index is -0.504. The molecular weight excluding hydrogens is 232 g/mol. The molecule has 1 aromatic carbocycles. The number of benzene rings is 1. The second-order valence-electron chi connectivity index (χ2n) is 4.88. The molecule has 4 nitrogen and oxygen atoms in total. The van der Waals surface area contributed by atoms with Crippen LogP contribution in [0.3, 0.4) is 0 Å². The lowest BCUT2D eigenvalue weighted by atomic mass is 9.95. The summed E-state index contributed by atoms with van der Waals surface area (Å²) in [6.07, 6.45) is 2.53. The molecule has 98 valence electrons. The molecule has 1 saturated carbocycles. The van der Waals surface area contributed by atoms with E-state index in [-0.39, 0.29) is 23.2 Å². The third-order valence-corrected chi connectivity index (χ3v) is 3.60. The van der Waals surface area contributed by atoms with Gasteiger partial charge >= 0.3 is 0 Å². The molecule has 2 unspecified atom stereocenters. The second-order valence-corrected chi connectivity index (χ2v) is 4.88. The van der Waals surface area contributed by atoms with Gasteiger partial charge in [-0.2, -0.15) is 0 Å². The minimum Gasteiger partial charge on any atom is -0.508 e. The van der Waals surface area contributed by atoms with E-state index >= 15 is 0 Å². The van der Waals surface area contributed by atoms with Crippen molar-refractivity contribution in [2.24, 2.45) is 5.92 Å². The van der Waals surface area contributed by atoms with Crippen LogP contribution in [-0.2, 0) is 11.2 Å². The number of hydrogen-bond acceptors (Lipinski definition) is 4. The summed E-state index contributed by atoms with van der Waals surface area (Å²) < 4.78 is 0. The molecule has 0 aliphatic heterocycles. The van der Waals surface area contributed by atoms with Gasteiger partial charge in [-0.1, -0.05) is 6.42 Å². The molecule has 2 atom stereocenters. The van der Waals surface area contributed by atoms with E-state index in [0.717, 1.165) is 12.8 Å². The summed E-state index contributed by atoms with van der Waals surface area (Å²) in [4.78, 5) is 11.9. The van der Waals surface area contributed by atoms with Crippen molar-refractivity contribution in [3.05, 3.63) is 23.8 Å². The van der Waals surface area contributed by atoms with Crippen molar-refractivity contribution in [1.29, 1.82) is 0 Å². The maximum Gasteiger partial charge on any atom is 0.138 e. The molecule has 1 fully saturated rings. The maximum atomic E-state index is 11.9. The Hall–Kier alpha value is -1.55. The summed E-state index contributed by atoms with van der Waals surface area (Å²) in [5, 5.41) is 28.6. The van der Waals surface area contributed by atoms with Gasteiger partial charge in [-0.3, -0.25) is 4.79 Å². The van der Waals surface area contributed by atoms with Gasteiger partial charge in [0.25, 0.3) is 0 Å². The Morgan fingerprint density at radius 1 is 1.28 bits per heavy atom. The highest BCUT2D eigenvalue weighted by molar-refractivity contribution is 5.82. The first kappa shape index (κ1) is 12.9. The summed E-state index contributed by atoms with van der Waals surface area (Å²) in [5.41, 5.74) is 0.566. The Balaban J connectivity index is 1.95. The van der Waals surface area contributed by atoms with E-state index in [2.05, 4.69) is 0 Å². The standard InChI is InChI=1S/C14H18O4/c15-10-5-7-12(16)9(8-10)4-6-14(18)11-2-1-3-13(11)17/h5,7-8,11,13,15-17H,1-4,6H2. The van der Waals surface area contributed by atoms with Crippen LogP contribution in [0.2, 0.25) is 0 Å². The quantitative estimate of drug-likeness (QED) is 0.711. The molecule has 0 radical (unpaired) electrons. The summed E-state index contributed by atoms with van der Waals surface area (Å²) in [7, 11) is 0. The smallest absolute Gasteiger partial charge is 0.138 e. The number of hydrogen-bond donors (Lipinski definition) is 3. The Morgan fingerprint density at radius 2 is 2.06 bits per heavy atom. The summed E-state index contributed by atoms with van der Waals surface area (Å²) in [5.74, 6) is -0.0316. The number of carbonyl (C=O) groups excluding carboxylic acids is 1. The Labute approximate surface area is 106 Å². The number of aliphatic hydroxyl groups excluding tert-OH is 1. The lowest BCUT2D eigenvalue weighted by Gasteiger charge is -2.13. The third kappa shape index (κ3) is 2.82. The number of phenolic OH excluding ortho intramolecular Hbond substituents is 2. The first-order valence-electron chi connectivity index (χ1n) is 6.29. The summed E-state index contributed by atoms with van der Waals surface area (Å²) in [6.45, 7) is 0. The predicted molar refractivity (Wildman–Crippen MR) is 66.4 cm³/mol. The molecule has 0 amide bonds. The number of carbonyl (C=O) groups is 1. The number of Topliss-reactive ketones (excluding diaryl/α,β-unsaturated/α-hetero) is 1. The van der Waals surface area contributed by atoms with E-state index in [1.54, 1.807) is 0 Å². The minimum absolute atomic E-state index is 0.0442. The first-order valence-corrected chi connectivity index (χ1v) is 6.29. The van der Waals surface area contributed by atoms with Crippen molar-refractivity contribution in [3.8, 4) is 11.5 Å². The molecule has 0 spiro atoms. The molecule has 0 aromatic heterocycles. The molecule has 2 rings (SSSR count). The van der Waals surface area contributed by atoms with Crippen molar-refractivity contribution in [3.63, 3.8) is 0 Å². The zero-order valence-corrected chi connectivity index (χ0v) is 10.2. The van der Waals surface area contributed by atoms with Crippen molar-refractivity contribution in [1.82, 2.24) is 0 Å². The lowest BCUT2D eigenvalue weighted by Crippen LogP contribution is -2.23. The van der Waals surface area contributed by atoms with Crippen LogP contribution in [-0.4, -0.2) is 27.2 Å². The second kappa shape index (κ2) is 5.40. The number of rotatable bonds is 4. The molecule has 4 heteroatoms. The van der Waals surface area contributed by atoms with Gasteiger partial charge in [0.15, 0.2) is 0 Å². The SMILES string of the molecule is O=C(CCc1cc(O)ccc1O)C1CCCC1O. The maximum absolute atomic E-state index is 11.9. The van der Waals surface area contributed by atoms with Gasteiger partial charge in [0.1, 0.15) is 17.3 Å². The monoisotopic (exact) mass is 250 g/mol. The fourth-order valence-electron chi connectivity index (χ4n) is 2.53. The van der Waals surface area contributed by atoms with E-state index in [0.29, 0.717) is 24.8 Å². The molecular formula is C14H18O4. The first-order chi connectivity index (χ1) is 8.58. The van der Waals surface area contributed by atoms with Crippen LogP contribution in [0.25, 0.3) is 0 Å². The van der Waals surface area contributed by atoms with Gasteiger partial charge in [-0.05, 0) is 43.0 Å². The highest BCUT2D eigenvalue weighted by atomic mass is 16.3. The van der Waals surface area contributed by atoms with Crippen molar-refractivity contribution in [2.75, 3.05) is 0 Å². The van der Waals surface area contributed by atoms with Crippen molar-refractivity contribution in [2.45, 2.75) is 38.2 Å². The molecule has 0 heterocycles. The molecule has 0 saturated heterocycles. The van der Waals surface area contributed by atoms with Crippen LogP contribution >= 0.6 is 0 Å². The number of aryl methyl sites for hydroxylation is 1. The highest BCUT2D eigenvalue weighted by Crippen LogP contribution is 2.29. The molecule has 0 bridgehead atoms. The van der Waals surface area contributed by atoms with Crippen LogP contribution in [0.1, 0.15) is 31.2 Å². The molecule has 18 heavy (non-hydrogen) atoms. The summed E-state index contributed by atoms with van der Waals surface area (Å²) >= 11 is 0. The third-order valence-electron chi connectivity index (χ3n) is 3.60. The van der Waals surface area contributed by atoms with E-state index in [9.17, 15) is 20.1 Å². The van der Waals surface area contributed by atoms with Crippen LogP contribution in [0.4, 0.5) is 0 Å². The molecule has 1 aliphatic carbocycles. The Morgan fingerprint density at radius 3 is 2.72 bits per heavy atom.